The molecule has 0 saturated carbocycles. The number of allylic oxidation sites excluding steroid dienone is 2. The Balaban J connectivity index is 1.31. The van der Waals surface area contributed by atoms with Crippen molar-refractivity contribution in [2.45, 2.75) is 38.5 Å². The number of aliphatic hydroxyl groups is 1. The summed E-state index contributed by atoms with van der Waals surface area (Å²) in [6.45, 7) is 10.1. The smallest absolute Gasteiger partial charge is 0.251 e. The maximum absolute atomic E-state index is 12.6. The van der Waals surface area contributed by atoms with E-state index in [0.717, 1.165) is 41.1 Å². The summed E-state index contributed by atoms with van der Waals surface area (Å²) < 4.78 is 18.5. The van der Waals surface area contributed by atoms with Gasteiger partial charge in [0.1, 0.15) is 24.7 Å². The number of nitrogens with zero attached hydrogens (tertiary/aromatic N) is 3. The Labute approximate surface area is 211 Å². The molecule has 0 radical (unpaired) electrons. The number of piperidine rings is 1. The number of aromatic nitrogens is 2. The summed E-state index contributed by atoms with van der Waals surface area (Å²) in [6.07, 6.45) is 6.41. The highest BCUT2D eigenvalue weighted by Gasteiger charge is 2.27. The van der Waals surface area contributed by atoms with Crippen molar-refractivity contribution in [1.29, 1.82) is 0 Å². The molecule has 194 valence electrons. The minimum atomic E-state index is -0.498. The van der Waals surface area contributed by atoms with Gasteiger partial charge < -0.3 is 29.2 Å². The van der Waals surface area contributed by atoms with Gasteiger partial charge in [-0.1, -0.05) is 11.6 Å². The Bertz CT molecular complexity index is 1190. The van der Waals surface area contributed by atoms with Crippen LogP contribution in [0.4, 0.5) is 0 Å². The second-order valence-corrected chi connectivity index (χ2v) is 9.21. The normalized spacial score (nSPS) is 21.2. The predicted molar refractivity (Wildman–Crippen MR) is 139 cm³/mol. The molecule has 2 aliphatic rings. The van der Waals surface area contributed by atoms with Gasteiger partial charge in [-0.05, 0) is 32.0 Å². The molecule has 36 heavy (non-hydrogen) atoms. The van der Waals surface area contributed by atoms with Gasteiger partial charge in [-0.25, -0.2) is 0 Å². The van der Waals surface area contributed by atoms with Gasteiger partial charge in [0.05, 0.1) is 30.4 Å². The van der Waals surface area contributed by atoms with Crippen LogP contribution in [-0.4, -0.2) is 78.2 Å². The molecule has 0 aromatic carbocycles. The first-order valence-corrected chi connectivity index (χ1v) is 12.4. The van der Waals surface area contributed by atoms with Gasteiger partial charge in [0, 0.05) is 50.8 Å². The van der Waals surface area contributed by atoms with Gasteiger partial charge in [-0.2, -0.15) is 0 Å². The molecular formula is C27H36N4O5. The van der Waals surface area contributed by atoms with E-state index in [9.17, 15) is 9.90 Å². The van der Waals surface area contributed by atoms with E-state index >= 15 is 0 Å². The summed E-state index contributed by atoms with van der Waals surface area (Å²) in [6, 6.07) is 5.12. The number of nitrogens with one attached hydrogen (secondary N) is 1. The number of methoxy groups -OCH3 is 1. The van der Waals surface area contributed by atoms with E-state index in [1.165, 1.54) is 0 Å². The number of hydrogen-bond acceptors (Lipinski definition) is 8. The van der Waals surface area contributed by atoms with Crippen molar-refractivity contribution in [2.24, 2.45) is 0 Å². The number of hydrogen-bond donors (Lipinski definition) is 2. The molecule has 2 atom stereocenters. The first kappa shape index (κ1) is 25.9. The molecule has 2 aliphatic heterocycles. The van der Waals surface area contributed by atoms with Crippen LogP contribution in [0.1, 0.15) is 19.8 Å². The predicted octanol–water partition coefficient (Wildman–Crippen LogP) is 2.21. The van der Waals surface area contributed by atoms with Gasteiger partial charge in [-0.3, -0.25) is 14.7 Å². The van der Waals surface area contributed by atoms with Crippen molar-refractivity contribution in [3.63, 3.8) is 0 Å². The molecular weight excluding hydrogens is 460 g/mol. The Morgan fingerprint density at radius 3 is 2.94 bits per heavy atom. The van der Waals surface area contributed by atoms with Crippen LogP contribution in [-0.2, 0) is 16.0 Å². The minimum Gasteiger partial charge on any atom is -0.495 e. The molecule has 2 aromatic heterocycles. The van der Waals surface area contributed by atoms with E-state index in [0.29, 0.717) is 51.6 Å². The summed E-state index contributed by atoms with van der Waals surface area (Å²) in [4.78, 5) is 19.1. The standard InChI is InChI=1S/C27H36N4O5/c1-4-5-25-26(36-13-12-35-25)14-19(2)16-28-22-8-9-30(18-24(22)32)10-11-31-23-15-20(34-3)17-29-21(23)6-7-27(31)33/h4,6-7,14-15,17,22,24,28,32H,1,5,8-13,16,18H2,2-3H3/b19-14+/t22-,24?/m1/s1. The molecule has 0 spiro atoms. The number of fused-ring (bicyclic) bond motifs is 1. The van der Waals surface area contributed by atoms with Crippen LogP contribution in [0.25, 0.3) is 11.0 Å². The monoisotopic (exact) mass is 496 g/mol. The van der Waals surface area contributed by atoms with Crippen LogP contribution in [0.15, 0.2) is 65.0 Å². The van der Waals surface area contributed by atoms with Crippen LogP contribution in [0, 0.1) is 0 Å². The maximum Gasteiger partial charge on any atom is 0.251 e. The Morgan fingerprint density at radius 1 is 1.33 bits per heavy atom. The van der Waals surface area contributed by atoms with E-state index < -0.39 is 6.10 Å². The number of aliphatic hydroxyl groups excluding tert-OH is 1. The zero-order valence-corrected chi connectivity index (χ0v) is 21.1. The highest BCUT2D eigenvalue weighted by Crippen LogP contribution is 2.20. The first-order valence-electron chi connectivity index (χ1n) is 12.4. The Morgan fingerprint density at radius 2 is 2.17 bits per heavy atom. The third kappa shape index (κ3) is 6.34. The fourth-order valence-electron chi connectivity index (χ4n) is 4.62. The van der Waals surface area contributed by atoms with Gasteiger partial charge in [-0.15, -0.1) is 6.58 Å². The van der Waals surface area contributed by atoms with Crippen molar-refractivity contribution >= 4 is 11.0 Å². The highest BCUT2D eigenvalue weighted by molar-refractivity contribution is 5.75. The average molecular weight is 497 g/mol. The molecule has 1 unspecified atom stereocenters. The van der Waals surface area contributed by atoms with Gasteiger partial charge in [0.2, 0.25) is 0 Å². The summed E-state index contributed by atoms with van der Waals surface area (Å²) in [7, 11) is 1.58. The fraction of sp³-hybridized carbons (Fsp3) is 0.481. The van der Waals surface area contributed by atoms with Crippen LogP contribution in [0.2, 0.25) is 0 Å². The molecule has 2 aromatic rings. The molecule has 4 rings (SSSR count). The maximum atomic E-state index is 12.6. The lowest BCUT2D eigenvalue weighted by atomic mass is 10.0. The lowest BCUT2D eigenvalue weighted by Gasteiger charge is -2.36. The lowest BCUT2D eigenvalue weighted by Crippen LogP contribution is -2.53. The number of ether oxygens (including phenoxy) is 3. The first-order chi connectivity index (χ1) is 17.5. The van der Waals surface area contributed by atoms with E-state index in [2.05, 4.69) is 21.8 Å². The van der Waals surface area contributed by atoms with E-state index in [1.807, 2.05) is 19.1 Å². The van der Waals surface area contributed by atoms with Crippen molar-refractivity contribution in [1.82, 2.24) is 19.8 Å². The van der Waals surface area contributed by atoms with Gasteiger partial charge >= 0.3 is 0 Å². The fourth-order valence-corrected chi connectivity index (χ4v) is 4.62. The minimum absolute atomic E-state index is 0.00323. The SMILES string of the molecule is C=CCC1=C(/C=C(\C)CN[C@@H]2CCN(CCn3c(=O)ccc4ncc(OC)cc43)CC2O)OCCO1. The molecule has 2 N–H and O–H groups in total. The number of pyridine rings is 2. The second kappa shape index (κ2) is 12.2. The van der Waals surface area contributed by atoms with Gasteiger partial charge in [0.25, 0.3) is 5.56 Å². The molecule has 0 aliphatic carbocycles. The highest BCUT2D eigenvalue weighted by atomic mass is 16.6. The van der Waals surface area contributed by atoms with Crippen molar-refractivity contribution < 1.29 is 19.3 Å². The third-order valence-corrected chi connectivity index (χ3v) is 6.60. The Kier molecular flexibility index (Phi) is 8.79. The Hall–Kier alpha value is -3.14. The van der Waals surface area contributed by atoms with Crippen molar-refractivity contribution in [3.8, 4) is 5.75 Å². The zero-order valence-electron chi connectivity index (χ0n) is 21.1. The average Bonchev–Trinajstić information content (AvgIpc) is 2.88. The van der Waals surface area contributed by atoms with Crippen LogP contribution in [0.3, 0.4) is 0 Å². The lowest BCUT2D eigenvalue weighted by molar-refractivity contribution is 0.0401. The number of rotatable bonds is 10. The number of likely N-dealkylation sites (tertiary alicyclic amines) is 1. The second-order valence-electron chi connectivity index (χ2n) is 9.21. The largest absolute Gasteiger partial charge is 0.495 e. The topological polar surface area (TPSA) is 98.1 Å². The van der Waals surface area contributed by atoms with Crippen molar-refractivity contribution in [3.05, 3.63) is 70.6 Å². The zero-order chi connectivity index (χ0) is 25.5. The summed E-state index contributed by atoms with van der Waals surface area (Å²) in [5.41, 5.74) is 2.53. The van der Waals surface area contributed by atoms with Crippen molar-refractivity contribution in [2.75, 3.05) is 46.5 Å². The van der Waals surface area contributed by atoms with E-state index in [-0.39, 0.29) is 11.6 Å². The molecule has 0 bridgehead atoms. The van der Waals surface area contributed by atoms with Gasteiger partial charge in [0.15, 0.2) is 5.76 Å². The van der Waals surface area contributed by atoms with Crippen LogP contribution in [0.5, 0.6) is 5.75 Å². The molecule has 9 heteroatoms. The third-order valence-electron chi connectivity index (χ3n) is 6.60. The molecule has 1 saturated heterocycles. The molecule has 1 fully saturated rings. The van der Waals surface area contributed by atoms with Crippen LogP contribution < -0.4 is 15.6 Å². The quantitative estimate of drug-likeness (QED) is 0.483. The van der Waals surface area contributed by atoms with E-state index in [4.69, 9.17) is 14.2 Å². The summed E-state index contributed by atoms with van der Waals surface area (Å²) in [5.74, 6) is 2.18. The van der Waals surface area contributed by atoms with E-state index in [1.54, 1.807) is 36.1 Å². The summed E-state index contributed by atoms with van der Waals surface area (Å²) in [5, 5.41) is 14.3. The number of β-amino-alcohol motifs (C(OH)–C–C–N with tert-alkyl or cyclic N) is 1. The molecule has 4 heterocycles. The molecule has 0 amide bonds. The van der Waals surface area contributed by atoms with Crippen LogP contribution >= 0.6 is 0 Å². The molecule has 9 nitrogen and oxygen atoms in total. The summed E-state index contributed by atoms with van der Waals surface area (Å²) >= 11 is 0.